The molecule has 0 amide bonds. The Morgan fingerprint density at radius 2 is 2.43 bits per heavy atom. The van der Waals surface area contributed by atoms with Gasteiger partial charge in [-0.15, -0.1) is 0 Å². The van der Waals surface area contributed by atoms with Crippen LogP contribution < -0.4 is 10.9 Å². The van der Waals surface area contributed by atoms with Gasteiger partial charge in [0, 0.05) is 36.1 Å². The predicted octanol–water partition coefficient (Wildman–Crippen LogP) is 1.43. The summed E-state index contributed by atoms with van der Waals surface area (Å²) in [6, 6.07) is 1.57. The molecule has 0 aliphatic carbocycles. The van der Waals surface area contributed by atoms with Crippen molar-refractivity contribution in [2.24, 2.45) is 0 Å². The maximum absolute atomic E-state index is 10.9. The quantitative estimate of drug-likeness (QED) is 0.639. The predicted molar refractivity (Wildman–Crippen MR) is 64.8 cm³/mol. The Balaban J connectivity index is 2.46. The molecular weight excluding hydrogens is 295 g/mol. The van der Waals surface area contributed by atoms with Crippen LogP contribution in [0.2, 0.25) is 0 Å². The smallest absolute Gasteiger partial charge is 0.249 e. The molecule has 0 aliphatic rings. The van der Waals surface area contributed by atoms with Crippen molar-refractivity contribution < 1.29 is 4.74 Å². The van der Waals surface area contributed by atoms with Crippen molar-refractivity contribution in [1.82, 2.24) is 4.98 Å². The van der Waals surface area contributed by atoms with E-state index in [4.69, 9.17) is 4.74 Å². The molecule has 0 atom stereocenters. The van der Waals surface area contributed by atoms with Gasteiger partial charge in [-0.25, -0.2) is 0 Å². The summed E-state index contributed by atoms with van der Waals surface area (Å²) in [4.78, 5) is 13.5. The number of methoxy groups -OCH3 is 1. The Hall–Kier alpha value is -0.560. The molecule has 5 heteroatoms. The largest absolute Gasteiger partial charge is 0.385 e. The molecule has 1 heterocycles. The zero-order valence-electron chi connectivity index (χ0n) is 7.97. The summed E-state index contributed by atoms with van der Waals surface area (Å²) in [5.41, 5.74) is 0.887. The van der Waals surface area contributed by atoms with Crippen molar-refractivity contribution >= 4 is 28.3 Å². The number of anilines is 1. The minimum Gasteiger partial charge on any atom is -0.385 e. The van der Waals surface area contributed by atoms with Crippen LogP contribution in [0.15, 0.2) is 17.1 Å². The highest BCUT2D eigenvalue weighted by Crippen LogP contribution is 2.13. The summed E-state index contributed by atoms with van der Waals surface area (Å²) in [6.07, 6.45) is 2.64. The number of rotatable bonds is 5. The lowest BCUT2D eigenvalue weighted by Crippen LogP contribution is -2.10. The first-order valence-electron chi connectivity index (χ1n) is 4.35. The standard InChI is InChI=1S/C9H13IN2O2/c1-14-4-2-3-11-8-6-12-9(13)5-7(8)10/h5-6,11H,2-4H2,1H3,(H,12,13). The summed E-state index contributed by atoms with van der Waals surface area (Å²) in [5.74, 6) is 0. The van der Waals surface area contributed by atoms with Crippen LogP contribution in [0.25, 0.3) is 0 Å². The molecule has 1 rings (SSSR count). The van der Waals surface area contributed by atoms with Gasteiger partial charge in [0.05, 0.1) is 5.69 Å². The Morgan fingerprint density at radius 3 is 3.07 bits per heavy atom. The van der Waals surface area contributed by atoms with Crippen LogP contribution in [0, 0.1) is 3.57 Å². The number of ether oxygens (including phenoxy) is 1. The van der Waals surface area contributed by atoms with Crippen molar-refractivity contribution in [2.75, 3.05) is 25.6 Å². The summed E-state index contributed by atoms with van der Waals surface area (Å²) < 4.78 is 5.86. The molecule has 0 aliphatic heterocycles. The van der Waals surface area contributed by atoms with Crippen molar-refractivity contribution in [1.29, 1.82) is 0 Å². The van der Waals surface area contributed by atoms with Crippen molar-refractivity contribution in [3.05, 3.63) is 26.2 Å². The average molecular weight is 308 g/mol. The molecular formula is C9H13IN2O2. The number of halogens is 1. The van der Waals surface area contributed by atoms with Crippen molar-refractivity contribution in [3.8, 4) is 0 Å². The van der Waals surface area contributed by atoms with Gasteiger partial charge in [0.15, 0.2) is 0 Å². The molecule has 4 nitrogen and oxygen atoms in total. The zero-order chi connectivity index (χ0) is 10.4. The Labute approximate surface area is 96.2 Å². The van der Waals surface area contributed by atoms with E-state index in [-0.39, 0.29) is 5.56 Å². The van der Waals surface area contributed by atoms with Gasteiger partial charge in [0.2, 0.25) is 5.56 Å². The Bertz CT molecular complexity index is 338. The molecule has 0 saturated carbocycles. The SMILES string of the molecule is COCCCNc1c[nH]c(=O)cc1I. The number of aromatic amines is 1. The van der Waals surface area contributed by atoms with E-state index >= 15 is 0 Å². The lowest BCUT2D eigenvalue weighted by molar-refractivity contribution is 0.198. The van der Waals surface area contributed by atoms with E-state index in [2.05, 4.69) is 32.9 Å². The monoisotopic (exact) mass is 308 g/mol. The first-order chi connectivity index (χ1) is 6.74. The highest BCUT2D eigenvalue weighted by Gasteiger charge is 1.98. The molecule has 78 valence electrons. The van der Waals surface area contributed by atoms with Crippen LogP contribution in [-0.2, 0) is 4.74 Å². The molecule has 0 aromatic carbocycles. The van der Waals surface area contributed by atoms with E-state index < -0.39 is 0 Å². The molecule has 2 N–H and O–H groups in total. The minimum atomic E-state index is -0.0724. The molecule has 1 aromatic rings. The second kappa shape index (κ2) is 6.02. The fourth-order valence-electron chi connectivity index (χ4n) is 1.02. The summed E-state index contributed by atoms with van der Waals surface area (Å²) in [5, 5.41) is 3.22. The highest BCUT2D eigenvalue weighted by molar-refractivity contribution is 14.1. The van der Waals surface area contributed by atoms with Crippen LogP contribution in [0.4, 0.5) is 5.69 Å². The molecule has 14 heavy (non-hydrogen) atoms. The van der Waals surface area contributed by atoms with Gasteiger partial charge in [-0.05, 0) is 29.0 Å². The van der Waals surface area contributed by atoms with Gasteiger partial charge in [-0.1, -0.05) is 0 Å². The number of hydrogen-bond acceptors (Lipinski definition) is 3. The summed E-state index contributed by atoms with van der Waals surface area (Å²) in [6.45, 7) is 1.59. The topological polar surface area (TPSA) is 54.1 Å². The van der Waals surface area contributed by atoms with Crippen molar-refractivity contribution in [3.63, 3.8) is 0 Å². The van der Waals surface area contributed by atoms with Crippen LogP contribution >= 0.6 is 22.6 Å². The number of hydrogen-bond donors (Lipinski definition) is 2. The Kier molecular flexibility index (Phi) is 4.95. The van der Waals surface area contributed by atoms with E-state index in [1.54, 1.807) is 19.4 Å². The van der Waals surface area contributed by atoms with Gasteiger partial charge < -0.3 is 15.0 Å². The normalized spacial score (nSPS) is 10.1. The maximum Gasteiger partial charge on any atom is 0.249 e. The van der Waals surface area contributed by atoms with E-state index in [1.165, 1.54) is 0 Å². The molecule has 0 spiro atoms. The van der Waals surface area contributed by atoms with Crippen LogP contribution in [0.5, 0.6) is 0 Å². The van der Waals surface area contributed by atoms with Gasteiger partial charge >= 0.3 is 0 Å². The fraction of sp³-hybridized carbons (Fsp3) is 0.444. The molecule has 0 fully saturated rings. The average Bonchev–Trinajstić information content (AvgIpc) is 2.15. The third-order valence-corrected chi connectivity index (χ3v) is 2.61. The second-order valence-corrected chi connectivity index (χ2v) is 3.99. The lowest BCUT2D eigenvalue weighted by atomic mass is 10.4. The number of nitrogens with one attached hydrogen (secondary N) is 2. The third kappa shape index (κ3) is 3.67. The fourth-order valence-corrected chi connectivity index (χ4v) is 1.65. The minimum absolute atomic E-state index is 0.0724. The number of aromatic nitrogens is 1. The lowest BCUT2D eigenvalue weighted by Gasteiger charge is -2.06. The van der Waals surface area contributed by atoms with Gasteiger partial charge in [-0.3, -0.25) is 4.79 Å². The first-order valence-corrected chi connectivity index (χ1v) is 5.43. The van der Waals surface area contributed by atoms with Crippen molar-refractivity contribution in [2.45, 2.75) is 6.42 Å². The van der Waals surface area contributed by atoms with Gasteiger partial charge in [0.25, 0.3) is 0 Å². The number of H-pyrrole nitrogens is 1. The highest BCUT2D eigenvalue weighted by atomic mass is 127. The molecule has 1 aromatic heterocycles. The molecule has 0 unspecified atom stereocenters. The second-order valence-electron chi connectivity index (χ2n) is 2.83. The summed E-state index contributed by atoms with van der Waals surface area (Å²) >= 11 is 2.13. The van der Waals surface area contributed by atoms with Crippen LogP contribution in [0.1, 0.15) is 6.42 Å². The maximum atomic E-state index is 10.9. The Morgan fingerprint density at radius 1 is 1.64 bits per heavy atom. The van der Waals surface area contributed by atoms with Crippen LogP contribution in [-0.4, -0.2) is 25.2 Å². The molecule has 0 saturated heterocycles. The molecule has 0 radical (unpaired) electrons. The number of pyridine rings is 1. The molecule has 0 bridgehead atoms. The summed E-state index contributed by atoms with van der Waals surface area (Å²) in [7, 11) is 1.68. The third-order valence-electron chi connectivity index (χ3n) is 1.71. The van der Waals surface area contributed by atoms with Gasteiger partial charge in [0.1, 0.15) is 0 Å². The first kappa shape index (κ1) is 11.5. The van der Waals surface area contributed by atoms with E-state index in [1.807, 2.05) is 0 Å². The zero-order valence-corrected chi connectivity index (χ0v) is 10.1. The van der Waals surface area contributed by atoms with Crippen LogP contribution in [0.3, 0.4) is 0 Å². The van der Waals surface area contributed by atoms with E-state index in [9.17, 15) is 4.79 Å². The van der Waals surface area contributed by atoms with Gasteiger partial charge in [-0.2, -0.15) is 0 Å². The van der Waals surface area contributed by atoms with E-state index in [0.717, 1.165) is 28.8 Å². The van der Waals surface area contributed by atoms with E-state index in [0.29, 0.717) is 0 Å².